The predicted molar refractivity (Wildman–Crippen MR) is 77.4 cm³/mol. The van der Waals surface area contributed by atoms with Gasteiger partial charge in [-0.05, 0) is 32.1 Å². The summed E-state index contributed by atoms with van der Waals surface area (Å²) in [5.41, 5.74) is 0. The van der Waals surface area contributed by atoms with Gasteiger partial charge in [0.05, 0.1) is 7.11 Å². The van der Waals surface area contributed by atoms with Gasteiger partial charge in [-0.1, -0.05) is 13.8 Å². The molecule has 0 radical (unpaired) electrons. The lowest BCUT2D eigenvalue weighted by Crippen LogP contribution is -2.53. The lowest BCUT2D eigenvalue weighted by atomic mass is 10.1. The zero-order valence-corrected chi connectivity index (χ0v) is 13.5. The topological polar surface area (TPSA) is 66.9 Å². The SMILES string of the molecule is CCCN(CCC)S(=O)(=O)N1CCCC[C@@H]1C(=O)OC. The molecule has 0 bridgehead atoms. The van der Waals surface area contributed by atoms with E-state index in [1.165, 1.54) is 15.7 Å². The Morgan fingerprint density at radius 3 is 2.35 bits per heavy atom. The fourth-order valence-electron chi connectivity index (χ4n) is 2.54. The molecule has 1 aliphatic rings. The maximum atomic E-state index is 12.7. The van der Waals surface area contributed by atoms with Gasteiger partial charge in [0.1, 0.15) is 6.04 Å². The molecule has 1 aliphatic heterocycles. The van der Waals surface area contributed by atoms with Gasteiger partial charge in [-0.25, -0.2) is 0 Å². The van der Waals surface area contributed by atoms with Crippen molar-refractivity contribution in [1.82, 2.24) is 8.61 Å². The number of hydrogen-bond acceptors (Lipinski definition) is 4. The largest absolute Gasteiger partial charge is 0.468 e. The highest BCUT2D eigenvalue weighted by molar-refractivity contribution is 7.86. The predicted octanol–water partition coefficient (Wildman–Crippen LogP) is 1.38. The molecule has 1 rings (SSSR count). The van der Waals surface area contributed by atoms with Crippen molar-refractivity contribution in [3.63, 3.8) is 0 Å². The Bertz CT molecular complexity index is 405. The van der Waals surface area contributed by atoms with E-state index in [0.717, 1.165) is 25.7 Å². The van der Waals surface area contributed by atoms with Crippen LogP contribution in [0.2, 0.25) is 0 Å². The second kappa shape index (κ2) is 7.95. The molecule has 1 fully saturated rings. The van der Waals surface area contributed by atoms with E-state index in [-0.39, 0.29) is 0 Å². The van der Waals surface area contributed by atoms with Gasteiger partial charge in [0, 0.05) is 19.6 Å². The molecule has 0 amide bonds. The van der Waals surface area contributed by atoms with Gasteiger partial charge in [-0.2, -0.15) is 17.0 Å². The van der Waals surface area contributed by atoms with Gasteiger partial charge >= 0.3 is 5.97 Å². The Kier molecular flexibility index (Phi) is 6.91. The molecular formula is C13H26N2O4S. The third-order valence-corrected chi connectivity index (χ3v) is 5.54. The summed E-state index contributed by atoms with van der Waals surface area (Å²) in [6.07, 6.45) is 3.70. The summed E-state index contributed by atoms with van der Waals surface area (Å²) in [5, 5.41) is 0. The van der Waals surface area contributed by atoms with Crippen LogP contribution < -0.4 is 0 Å². The minimum absolute atomic E-state index is 0.395. The fourth-order valence-corrected chi connectivity index (χ4v) is 4.54. The maximum Gasteiger partial charge on any atom is 0.324 e. The van der Waals surface area contributed by atoms with Crippen LogP contribution in [0.25, 0.3) is 0 Å². The van der Waals surface area contributed by atoms with Crippen molar-refractivity contribution in [3.8, 4) is 0 Å². The van der Waals surface area contributed by atoms with Crippen LogP contribution in [-0.4, -0.2) is 55.8 Å². The maximum absolute atomic E-state index is 12.7. The third kappa shape index (κ3) is 3.93. The van der Waals surface area contributed by atoms with Crippen molar-refractivity contribution in [2.24, 2.45) is 0 Å². The highest BCUT2D eigenvalue weighted by Crippen LogP contribution is 2.23. The molecule has 7 heteroatoms. The third-order valence-electron chi connectivity index (χ3n) is 3.50. The van der Waals surface area contributed by atoms with Crippen molar-refractivity contribution < 1.29 is 17.9 Å². The molecule has 6 nitrogen and oxygen atoms in total. The first kappa shape index (κ1) is 17.4. The molecule has 118 valence electrons. The lowest BCUT2D eigenvalue weighted by Gasteiger charge is -2.36. The number of ether oxygens (including phenoxy) is 1. The first-order chi connectivity index (χ1) is 9.48. The molecule has 0 saturated carbocycles. The Labute approximate surface area is 122 Å². The molecule has 0 aliphatic carbocycles. The van der Waals surface area contributed by atoms with Crippen LogP contribution in [0.1, 0.15) is 46.0 Å². The Morgan fingerprint density at radius 1 is 1.25 bits per heavy atom. The molecule has 1 heterocycles. The number of esters is 1. The highest BCUT2D eigenvalue weighted by atomic mass is 32.2. The quantitative estimate of drug-likeness (QED) is 0.667. The minimum Gasteiger partial charge on any atom is -0.468 e. The Hall–Kier alpha value is -0.660. The minimum atomic E-state index is -3.59. The number of rotatable bonds is 7. The van der Waals surface area contributed by atoms with E-state index in [0.29, 0.717) is 26.1 Å². The normalized spacial score (nSPS) is 21.1. The average molecular weight is 306 g/mol. The van der Waals surface area contributed by atoms with Gasteiger partial charge < -0.3 is 4.74 Å². The average Bonchev–Trinajstić information content (AvgIpc) is 2.46. The second-order valence-electron chi connectivity index (χ2n) is 5.05. The molecule has 1 atom stereocenters. The number of piperidine rings is 1. The highest BCUT2D eigenvalue weighted by Gasteiger charge is 2.40. The van der Waals surface area contributed by atoms with Crippen molar-refractivity contribution in [2.75, 3.05) is 26.7 Å². The Balaban J connectivity index is 2.98. The van der Waals surface area contributed by atoms with Gasteiger partial charge in [-0.3, -0.25) is 4.79 Å². The lowest BCUT2D eigenvalue weighted by molar-refractivity contribution is -0.146. The second-order valence-corrected chi connectivity index (χ2v) is 6.93. The zero-order chi connectivity index (χ0) is 15.2. The summed E-state index contributed by atoms with van der Waals surface area (Å²) in [6, 6.07) is -0.671. The van der Waals surface area contributed by atoms with E-state index in [2.05, 4.69) is 0 Å². The van der Waals surface area contributed by atoms with Crippen LogP contribution in [0.15, 0.2) is 0 Å². The standard InChI is InChI=1S/C13H26N2O4S/c1-4-9-14(10-5-2)20(17,18)15-11-7-6-8-12(15)13(16)19-3/h12H,4-11H2,1-3H3/t12-/m1/s1. The van der Waals surface area contributed by atoms with Crippen LogP contribution in [0, 0.1) is 0 Å². The van der Waals surface area contributed by atoms with Crippen molar-refractivity contribution in [2.45, 2.75) is 52.0 Å². The molecule has 0 aromatic heterocycles. The van der Waals surface area contributed by atoms with E-state index >= 15 is 0 Å². The van der Waals surface area contributed by atoms with E-state index in [1.54, 1.807) is 0 Å². The molecule has 0 aromatic rings. The number of hydrogen-bond donors (Lipinski definition) is 0. The summed E-state index contributed by atoms with van der Waals surface area (Å²) >= 11 is 0. The van der Waals surface area contributed by atoms with Crippen LogP contribution >= 0.6 is 0 Å². The van der Waals surface area contributed by atoms with E-state index < -0.39 is 22.2 Å². The van der Waals surface area contributed by atoms with Crippen LogP contribution in [0.3, 0.4) is 0 Å². The number of carbonyl (C=O) groups excluding carboxylic acids is 1. The number of methoxy groups -OCH3 is 1. The van der Waals surface area contributed by atoms with Crippen LogP contribution in [-0.2, 0) is 19.7 Å². The van der Waals surface area contributed by atoms with Crippen LogP contribution in [0.4, 0.5) is 0 Å². The first-order valence-electron chi connectivity index (χ1n) is 7.33. The monoisotopic (exact) mass is 306 g/mol. The molecule has 0 unspecified atom stereocenters. The van der Waals surface area contributed by atoms with Crippen LogP contribution in [0.5, 0.6) is 0 Å². The molecular weight excluding hydrogens is 280 g/mol. The molecule has 1 saturated heterocycles. The number of nitrogens with zero attached hydrogens (tertiary/aromatic N) is 2. The first-order valence-corrected chi connectivity index (χ1v) is 8.73. The van der Waals surface area contributed by atoms with Gasteiger partial charge in [-0.15, -0.1) is 0 Å². The van der Waals surface area contributed by atoms with E-state index in [4.69, 9.17) is 4.74 Å². The summed E-state index contributed by atoms with van der Waals surface area (Å²) < 4.78 is 33.0. The van der Waals surface area contributed by atoms with E-state index in [9.17, 15) is 13.2 Å². The molecule has 20 heavy (non-hydrogen) atoms. The summed E-state index contributed by atoms with van der Waals surface area (Å²) in [6.45, 7) is 5.27. The number of carbonyl (C=O) groups is 1. The summed E-state index contributed by atoms with van der Waals surface area (Å²) in [4.78, 5) is 11.8. The summed E-state index contributed by atoms with van der Waals surface area (Å²) in [5.74, 6) is -0.457. The van der Waals surface area contributed by atoms with Gasteiger partial charge in [0.2, 0.25) is 0 Å². The van der Waals surface area contributed by atoms with Crippen molar-refractivity contribution in [3.05, 3.63) is 0 Å². The van der Waals surface area contributed by atoms with Crippen molar-refractivity contribution >= 4 is 16.2 Å². The van der Waals surface area contributed by atoms with E-state index in [1.807, 2.05) is 13.8 Å². The van der Waals surface area contributed by atoms with Gasteiger partial charge in [0.15, 0.2) is 0 Å². The molecule has 0 N–H and O–H groups in total. The molecule has 0 spiro atoms. The Morgan fingerprint density at radius 2 is 1.85 bits per heavy atom. The smallest absolute Gasteiger partial charge is 0.324 e. The van der Waals surface area contributed by atoms with Gasteiger partial charge in [0.25, 0.3) is 10.2 Å². The molecule has 0 aromatic carbocycles. The zero-order valence-electron chi connectivity index (χ0n) is 12.7. The fraction of sp³-hybridized carbons (Fsp3) is 0.923. The summed E-state index contributed by atoms with van der Waals surface area (Å²) in [7, 11) is -2.28. The van der Waals surface area contributed by atoms with Crippen molar-refractivity contribution in [1.29, 1.82) is 0 Å².